The topological polar surface area (TPSA) is 86.8 Å². The van der Waals surface area contributed by atoms with Crippen molar-refractivity contribution in [3.8, 4) is 0 Å². The number of benzene rings is 3. The van der Waals surface area contributed by atoms with Crippen molar-refractivity contribution in [1.82, 2.24) is 10.2 Å². The Morgan fingerprint density at radius 2 is 1.72 bits per heavy atom. The third kappa shape index (κ3) is 7.80. The van der Waals surface area contributed by atoms with E-state index >= 15 is 0 Å². The van der Waals surface area contributed by atoms with Crippen LogP contribution in [-0.4, -0.2) is 44.3 Å². The number of carbonyl (C=O) groups excluding carboxylic acids is 2. The molecule has 0 radical (unpaired) electrons. The number of rotatable bonds is 12. The van der Waals surface area contributed by atoms with E-state index < -0.39 is 34.3 Å². The molecule has 3 aromatic carbocycles. The van der Waals surface area contributed by atoms with Crippen LogP contribution in [0.3, 0.4) is 0 Å². The highest BCUT2D eigenvalue weighted by Gasteiger charge is 2.33. The molecule has 0 aliphatic heterocycles. The predicted octanol–water partition coefficient (Wildman–Crippen LogP) is 5.32. The summed E-state index contributed by atoms with van der Waals surface area (Å²) >= 11 is 6.14. The molecule has 0 saturated heterocycles. The van der Waals surface area contributed by atoms with Crippen LogP contribution in [0.4, 0.5) is 10.1 Å². The van der Waals surface area contributed by atoms with Gasteiger partial charge in [-0.05, 0) is 62.2 Å². The van der Waals surface area contributed by atoms with E-state index in [1.54, 1.807) is 43.3 Å². The summed E-state index contributed by atoms with van der Waals surface area (Å²) in [6.45, 7) is 5.11. The van der Waals surface area contributed by atoms with Crippen LogP contribution in [0.2, 0.25) is 5.02 Å². The molecule has 3 rings (SSSR count). The molecule has 1 N–H and O–H groups in total. The highest BCUT2D eigenvalue weighted by atomic mass is 35.5. The van der Waals surface area contributed by atoms with Crippen LogP contribution in [0.25, 0.3) is 0 Å². The Bertz CT molecular complexity index is 1400. The number of unbranched alkanes of at least 4 members (excludes halogenated alkanes) is 1. The highest BCUT2D eigenvalue weighted by Crippen LogP contribution is 2.27. The van der Waals surface area contributed by atoms with Crippen molar-refractivity contribution in [3.05, 3.63) is 94.8 Å². The summed E-state index contributed by atoms with van der Waals surface area (Å²) in [7, 11) is -4.34. The van der Waals surface area contributed by atoms with E-state index in [2.05, 4.69) is 5.32 Å². The fraction of sp³-hybridized carbons (Fsp3) is 0.310. The van der Waals surface area contributed by atoms with E-state index in [1.165, 1.54) is 35.2 Å². The zero-order valence-corrected chi connectivity index (χ0v) is 23.8. The summed E-state index contributed by atoms with van der Waals surface area (Å²) < 4.78 is 43.1. The lowest BCUT2D eigenvalue weighted by molar-refractivity contribution is -0.139. The molecule has 0 bridgehead atoms. The zero-order chi connectivity index (χ0) is 28.6. The smallest absolute Gasteiger partial charge is 0.264 e. The third-order valence-electron chi connectivity index (χ3n) is 6.25. The molecule has 7 nitrogen and oxygen atoms in total. The van der Waals surface area contributed by atoms with Gasteiger partial charge in [-0.15, -0.1) is 0 Å². The van der Waals surface area contributed by atoms with Gasteiger partial charge >= 0.3 is 0 Å². The van der Waals surface area contributed by atoms with Gasteiger partial charge in [0.1, 0.15) is 18.4 Å². The van der Waals surface area contributed by atoms with Gasteiger partial charge in [-0.1, -0.05) is 66.9 Å². The highest BCUT2D eigenvalue weighted by molar-refractivity contribution is 7.92. The SMILES string of the molecule is CCCCNC(=O)[C@H](C)N(Cc1cccc(Cl)c1)C(=O)CN(c1ccccc1F)S(=O)(=O)c1ccc(C)cc1. The van der Waals surface area contributed by atoms with Gasteiger partial charge in [-0.2, -0.15) is 0 Å². The minimum Gasteiger partial charge on any atom is -0.354 e. The second-order valence-electron chi connectivity index (χ2n) is 9.25. The molecular formula is C29H33ClFN3O4S. The number of sulfonamides is 1. The van der Waals surface area contributed by atoms with Crippen LogP contribution in [0.1, 0.15) is 37.8 Å². The van der Waals surface area contributed by atoms with Gasteiger partial charge in [0.05, 0.1) is 10.6 Å². The van der Waals surface area contributed by atoms with Crippen LogP contribution in [0.15, 0.2) is 77.7 Å². The number of nitrogens with one attached hydrogen (secondary N) is 1. The first kappa shape index (κ1) is 30.1. The molecule has 208 valence electrons. The Balaban J connectivity index is 2.01. The Hall–Kier alpha value is -3.43. The molecule has 0 unspecified atom stereocenters. The quantitative estimate of drug-likeness (QED) is 0.297. The lowest BCUT2D eigenvalue weighted by atomic mass is 10.1. The van der Waals surface area contributed by atoms with Crippen molar-refractivity contribution in [2.24, 2.45) is 0 Å². The normalized spacial score (nSPS) is 12.0. The maximum Gasteiger partial charge on any atom is 0.264 e. The van der Waals surface area contributed by atoms with Crippen LogP contribution < -0.4 is 9.62 Å². The number of nitrogens with zero attached hydrogens (tertiary/aromatic N) is 2. The van der Waals surface area contributed by atoms with Crippen LogP contribution >= 0.6 is 11.6 Å². The van der Waals surface area contributed by atoms with Crippen LogP contribution in [0, 0.1) is 12.7 Å². The molecule has 0 fully saturated rings. The standard InChI is InChI=1S/C29H33ClFN3O4S/c1-4-5-17-32-29(36)22(3)33(19-23-9-8-10-24(30)18-23)28(35)20-34(27-12-7-6-11-26(27)31)39(37,38)25-15-13-21(2)14-16-25/h6-16,18,22H,4-5,17,19-20H2,1-3H3,(H,32,36)/t22-/m0/s1. The molecule has 0 heterocycles. The average molecular weight is 574 g/mol. The van der Waals surface area contributed by atoms with E-state index in [0.717, 1.165) is 28.8 Å². The van der Waals surface area contributed by atoms with E-state index in [4.69, 9.17) is 11.6 Å². The zero-order valence-electron chi connectivity index (χ0n) is 22.2. The summed E-state index contributed by atoms with van der Waals surface area (Å²) in [6.07, 6.45) is 1.66. The number of hydrogen-bond donors (Lipinski definition) is 1. The van der Waals surface area contributed by atoms with E-state index in [9.17, 15) is 22.4 Å². The summed E-state index contributed by atoms with van der Waals surface area (Å²) in [6, 6.07) is 17.3. The number of para-hydroxylation sites is 1. The summed E-state index contributed by atoms with van der Waals surface area (Å²) in [5.74, 6) is -1.85. The fourth-order valence-corrected chi connectivity index (χ4v) is 5.59. The lowest BCUT2D eigenvalue weighted by Crippen LogP contribution is -2.51. The Morgan fingerprint density at radius 3 is 2.36 bits per heavy atom. The average Bonchev–Trinajstić information content (AvgIpc) is 2.90. The largest absolute Gasteiger partial charge is 0.354 e. The second kappa shape index (κ2) is 13.6. The van der Waals surface area contributed by atoms with Gasteiger partial charge < -0.3 is 10.2 Å². The summed E-state index contributed by atoms with van der Waals surface area (Å²) in [4.78, 5) is 28.0. The number of halogens is 2. The van der Waals surface area contributed by atoms with Crippen molar-refractivity contribution < 1.29 is 22.4 Å². The monoisotopic (exact) mass is 573 g/mol. The summed E-state index contributed by atoms with van der Waals surface area (Å²) in [5.41, 5.74) is 1.23. The predicted molar refractivity (Wildman–Crippen MR) is 151 cm³/mol. The second-order valence-corrected chi connectivity index (χ2v) is 11.5. The van der Waals surface area contributed by atoms with Gasteiger partial charge in [0.15, 0.2) is 0 Å². The Kier molecular flexibility index (Phi) is 10.5. The van der Waals surface area contributed by atoms with E-state index in [1.807, 2.05) is 13.8 Å². The first-order chi connectivity index (χ1) is 18.5. The van der Waals surface area contributed by atoms with Crippen molar-refractivity contribution in [2.75, 3.05) is 17.4 Å². The van der Waals surface area contributed by atoms with Crippen molar-refractivity contribution in [2.45, 2.75) is 51.1 Å². The first-order valence-corrected chi connectivity index (χ1v) is 14.5. The van der Waals surface area contributed by atoms with Gasteiger partial charge in [0.25, 0.3) is 10.0 Å². The molecule has 0 aliphatic carbocycles. The third-order valence-corrected chi connectivity index (χ3v) is 8.26. The van der Waals surface area contributed by atoms with Crippen molar-refractivity contribution in [1.29, 1.82) is 0 Å². The molecule has 0 spiro atoms. The molecular weight excluding hydrogens is 541 g/mol. The molecule has 39 heavy (non-hydrogen) atoms. The molecule has 1 atom stereocenters. The maximum atomic E-state index is 14.9. The number of aryl methyl sites for hydroxylation is 1. The first-order valence-electron chi connectivity index (χ1n) is 12.7. The number of hydrogen-bond acceptors (Lipinski definition) is 4. The van der Waals surface area contributed by atoms with Crippen LogP contribution in [-0.2, 0) is 26.2 Å². The van der Waals surface area contributed by atoms with Gasteiger partial charge in [0, 0.05) is 18.1 Å². The number of carbonyl (C=O) groups is 2. The molecule has 0 aromatic heterocycles. The van der Waals surface area contributed by atoms with E-state index in [0.29, 0.717) is 17.1 Å². The van der Waals surface area contributed by atoms with E-state index in [-0.39, 0.29) is 23.0 Å². The molecule has 2 amide bonds. The minimum absolute atomic E-state index is 0.00253. The molecule has 3 aromatic rings. The molecule has 0 saturated carbocycles. The van der Waals surface area contributed by atoms with Crippen molar-refractivity contribution in [3.63, 3.8) is 0 Å². The number of anilines is 1. The minimum atomic E-state index is -4.34. The summed E-state index contributed by atoms with van der Waals surface area (Å²) in [5, 5.41) is 3.27. The fourth-order valence-electron chi connectivity index (χ4n) is 3.96. The van der Waals surface area contributed by atoms with Crippen LogP contribution in [0.5, 0.6) is 0 Å². The lowest BCUT2D eigenvalue weighted by Gasteiger charge is -2.32. The maximum absolute atomic E-state index is 14.9. The Labute approximate surface area is 234 Å². The van der Waals surface area contributed by atoms with Crippen molar-refractivity contribution >= 4 is 39.1 Å². The van der Waals surface area contributed by atoms with Gasteiger partial charge in [-0.25, -0.2) is 12.8 Å². The molecule has 10 heteroatoms. The molecule has 0 aliphatic rings. The number of amides is 2. The van der Waals surface area contributed by atoms with Gasteiger partial charge in [0.2, 0.25) is 11.8 Å². The Morgan fingerprint density at radius 1 is 1.03 bits per heavy atom. The van der Waals surface area contributed by atoms with Gasteiger partial charge in [-0.3, -0.25) is 13.9 Å².